The van der Waals surface area contributed by atoms with Gasteiger partial charge in [0.05, 0.1) is 11.4 Å². The van der Waals surface area contributed by atoms with Crippen LogP contribution < -0.4 is 0 Å². The Morgan fingerprint density at radius 3 is 2.52 bits per heavy atom. The lowest BCUT2D eigenvalue weighted by molar-refractivity contribution is 0.0687. The highest BCUT2D eigenvalue weighted by Gasteiger charge is 2.19. The second kappa shape index (κ2) is 5.68. The SMILES string of the molecule is Cc1ccc(-n2nc(-c3ccccc3F)cc2C(=O)O)c(C)c1. The van der Waals surface area contributed by atoms with Gasteiger partial charge in [-0.2, -0.15) is 5.10 Å². The van der Waals surface area contributed by atoms with Crippen LogP contribution in [0.1, 0.15) is 21.6 Å². The first kappa shape index (κ1) is 15.0. The van der Waals surface area contributed by atoms with E-state index in [-0.39, 0.29) is 11.3 Å². The lowest BCUT2D eigenvalue weighted by atomic mass is 10.1. The second-order valence-electron chi connectivity index (χ2n) is 5.40. The number of carbonyl (C=O) groups is 1. The Balaban J connectivity index is 2.21. The summed E-state index contributed by atoms with van der Waals surface area (Å²) < 4.78 is 15.3. The Kier molecular flexibility index (Phi) is 3.70. The summed E-state index contributed by atoms with van der Waals surface area (Å²) in [7, 11) is 0. The summed E-state index contributed by atoms with van der Waals surface area (Å²) in [6.45, 7) is 3.85. The topological polar surface area (TPSA) is 55.1 Å². The summed E-state index contributed by atoms with van der Waals surface area (Å²) in [5.41, 5.74) is 3.20. The number of carboxylic acids is 1. The van der Waals surface area contributed by atoms with Crippen molar-refractivity contribution in [3.8, 4) is 16.9 Å². The molecule has 0 bridgehead atoms. The molecule has 0 aliphatic carbocycles. The van der Waals surface area contributed by atoms with Gasteiger partial charge in [-0.3, -0.25) is 0 Å². The quantitative estimate of drug-likeness (QED) is 0.795. The van der Waals surface area contributed by atoms with Gasteiger partial charge in [-0.1, -0.05) is 29.8 Å². The molecule has 0 saturated heterocycles. The minimum Gasteiger partial charge on any atom is -0.477 e. The molecule has 23 heavy (non-hydrogen) atoms. The van der Waals surface area contributed by atoms with Gasteiger partial charge in [0.2, 0.25) is 0 Å². The van der Waals surface area contributed by atoms with E-state index >= 15 is 0 Å². The maximum Gasteiger partial charge on any atom is 0.354 e. The molecule has 0 aliphatic rings. The number of hydrogen-bond donors (Lipinski definition) is 1. The lowest BCUT2D eigenvalue weighted by Crippen LogP contribution is -2.09. The van der Waals surface area contributed by atoms with Crippen molar-refractivity contribution in [2.75, 3.05) is 0 Å². The van der Waals surface area contributed by atoms with Crippen LogP contribution in [-0.2, 0) is 0 Å². The predicted octanol–water partition coefficient (Wildman–Crippen LogP) is 3.99. The minimum absolute atomic E-state index is 0.00444. The molecule has 4 nitrogen and oxygen atoms in total. The van der Waals surface area contributed by atoms with Crippen molar-refractivity contribution >= 4 is 5.97 Å². The molecule has 3 aromatic rings. The fourth-order valence-corrected chi connectivity index (χ4v) is 2.56. The average molecular weight is 310 g/mol. The lowest BCUT2D eigenvalue weighted by Gasteiger charge is -2.09. The van der Waals surface area contributed by atoms with E-state index < -0.39 is 11.8 Å². The van der Waals surface area contributed by atoms with Crippen LogP contribution in [0.15, 0.2) is 48.5 Å². The van der Waals surface area contributed by atoms with Crippen LogP contribution in [0.25, 0.3) is 16.9 Å². The highest BCUT2D eigenvalue weighted by atomic mass is 19.1. The zero-order valence-electron chi connectivity index (χ0n) is 12.7. The zero-order valence-corrected chi connectivity index (χ0v) is 12.7. The first-order chi connectivity index (χ1) is 11.0. The van der Waals surface area contributed by atoms with E-state index in [1.807, 2.05) is 32.0 Å². The number of rotatable bonds is 3. The summed E-state index contributed by atoms with van der Waals surface area (Å²) in [5.74, 6) is -1.55. The molecular formula is C18H15FN2O2. The molecule has 0 unspecified atom stereocenters. The van der Waals surface area contributed by atoms with Crippen LogP contribution >= 0.6 is 0 Å². The number of halogens is 1. The van der Waals surface area contributed by atoms with Gasteiger partial charge < -0.3 is 5.11 Å². The molecule has 1 N–H and O–H groups in total. The van der Waals surface area contributed by atoms with Crippen molar-refractivity contribution in [3.63, 3.8) is 0 Å². The Labute approximate surface area is 132 Å². The molecule has 0 fully saturated rings. The normalized spacial score (nSPS) is 10.7. The highest BCUT2D eigenvalue weighted by Crippen LogP contribution is 2.25. The molecule has 0 radical (unpaired) electrons. The van der Waals surface area contributed by atoms with Crippen LogP contribution in [0.2, 0.25) is 0 Å². The molecule has 116 valence electrons. The molecule has 1 heterocycles. The smallest absolute Gasteiger partial charge is 0.354 e. The van der Waals surface area contributed by atoms with Crippen molar-refractivity contribution in [2.24, 2.45) is 0 Å². The number of nitrogens with zero attached hydrogens (tertiary/aromatic N) is 2. The third kappa shape index (κ3) is 2.73. The number of aromatic nitrogens is 2. The monoisotopic (exact) mass is 310 g/mol. The summed E-state index contributed by atoms with van der Waals surface area (Å²) in [6.07, 6.45) is 0. The number of carboxylic acid groups (broad SMARTS) is 1. The number of hydrogen-bond acceptors (Lipinski definition) is 2. The summed E-state index contributed by atoms with van der Waals surface area (Å²) in [4.78, 5) is 11.5. The number of benzene rings is 2. The third-order valence-corrected chi connectivity index (χ3v) is 3.66. The van der Waals surface area contributed by atoms with Crippen molar-refractivity contribution in [1.82, 2.24) is 9.78 Å². The van der Waals surface area contributed by atoms with E-state index in [0.717, 1.165) is 11.1 Å². The highest BCUT2D eigenvalue weighted by molar-refractivity contribution is 5.88. The molecule has 0 atom stereocenters. The van der Waals surface area contributed by atoms with E-state index in [2.05, 4.69) is 5.10 Å². The van der Waals surface area contributed by atoms with E-state index in [1.165, 1.54) is 16.8 Å². The molecule has 2 aromatic carbocycles. The molecule has 0 spiro atoms. The molecule has 0 saturated carbocycles. The van der Waals surface area contributed by atoms with Crippen LogP contribution in [0.4, 0.5) is 4.39 Å². The van der Waals surface area contributed by atoms with E-state index in [1.54, 1.807) is 18.2 Å². The minimum atomic E-state index is -1.11. The predicted molar refractivity (Wildman–Crippen MR) is 85.4 cm³/mol. The van der Waals surface area contributed by atoms with Gasteiger partial charge in [0.15, 0.2) is 5.69 Å². The molecule has 3 rings (SSSR count). The zero-order chi connectivity index (χ0) is 16.6. The van der Waals surface area contributed by atoms with Gasteiger partial charge in [0.25, 0.3) is 0 Å². The van der Waals surface area contributed by atoms with Crippen LogP contribution in [-0.4, -0.2) is 20.9 Å². The summed E-state index contributed by atoms with van der Waals surface area (Å²) in [5, 5.41) is 13.8. The van der Waals surface area contributed by atoms with E-state index in [9.17, 15) is 14.3 Å². The van der Waals surface area contributed by atoms with Crippen LogP contribution in [0.3, 0.4) is 0 Å². The van der Waals surface area contributed by atoms with Gasteiger partial charge >= 0.3 is 5.97 Å². The van der Waals surface area contributed by atoms with Crippen LogP contribution in [0.5, 0.6) is 0 Å². The van der Waals surface area contributed by atoms with Crippen LogP contribution in [0, 0.1) is 19.7 Å². The molecular weight excluding hydrogens is 295 g/mol. The van der Waals surface area contributed by atoms with Gasteiger partial charge in [-0.05, 0) is 43.7 Å². The maximum atomic E-state index is 14.0. The van der Waals surface area contributed by atoms with Gasteiger partial charge in [0, 0.05) is 5.56 Å². The standard InChI is InChI=1S/C18H15FN2O2/c1-11-7-8-16(12(2)9-11)21-17(18(22)23)10-15(20-21)13-5-3-4-6-14(13)19/h3-10H,1-2H3,(H,22,23). The van der Waals surface area contributed by atoms with Gasteiger partial charge in [-0.25, -0.2) is 13.9 Å². The maximum absolute atomic E-state index is 14.0. The first-order valence-electron chi connectivity index (χ1n) is 7.13. The van der Waals surface area contributed by atoms with E-state index in [4.69, 9.17) is 0 Å². The largest absolute Gasteiger partial charge is 0.477 e. The van der Waals surface area contributed by atoms with Crippen molar-refractivity contribution in [3.05, 3.63) is 71.2 Å². The van der Waals surface area contributed by atoms with Crippen molar-refractivity contribution < 1.29 is 14.3 Å². The fraction of sp³-hybridized carbons (Fsp3) is 0.111. The molecule has 1 aromatic heterocycles. The van der Waals surface area contributed by atoms with Gasteiger partial charge in [0.1, 0.15) is 5.82 Å². The van der Waals surface area contributed by atoms with Crippen molar-refractivity contribution in [1.29, 1.82) is 0 Å². The first-order valence-corrected chi connectivity index (χ1v) is 7.13. The Morgan fingerprint density at radius 2 is 1.87 bits per heavy atom. The summed E-state index contributed by atoms with van der Waals surface area (Å²) in [6, 6.07) is 13.2. The Hall–Kier alpha value is -2.95. The molecule has 0 amide bonds. The fourth-order valence-electron chi connectivity index (χ4n) is 2.56. The molecule has 5 heteroatoms. The van der Waals surface area contributed by atoms with E-state index in [0.29, 0.717) is 11.4 Å². The third-order valence-electron chi connectivity index (χ3n) is 3.66. The second-order valence-corrected chi connectivity index (χ2v) is 5.40. The van der Waals surface area contributed by atoms with Crippen molar-refractivity contribution in [2.45, 2.75) is 13.8 Å². The number of aromatic carboxylic acids is 1. The Morgan fingerprint density at radius 1 is 1.13 bits per heavy atom. The molecule has 0 aliphatic heterocycles. The van der Waals surface area contributed by atoms with Gasteiger partial charge in [-0.15, -0.1) is 0 Å². The summed E-state index contributed by atoms with van der Waals surface area (Å²) >= 11 is 0. The Bertz CT molecular complexity index is 900. The number of aryl methyl sites for hydroxylation is 2. The average Bonchev–Trinajstić information content (AvgIpc) is 2.92.